The van der Waals surface area contributed by atoms with E-state index in [0.29, 0.717) is 17.9 Å². The number of amides is 2. The molecule has 9 heteroatoms. The number of nitrogens with zero attached hydrogens (tertiary/aromatic N) is 1. The van der Waals surface area contributed by atoms with Gasteiger partial charge in [0.2, 0.25) is 11.8 Å². The zero-order valence-corrected chi connectivity index (χ0v) is 21.1. The van der Waals surface area contributed by atoms with Gasteiger partial charge in [0.1, 0.15) is 24.6 Å². The molecule has 0 radical (unpaired) electrons. The highest BCUT2D eigenvalue weighted by molar-refractivity contribution is 14.1. The number of hydrogen-bond acceptors (Lipinski definition) is 6. The molecule has 2 amide bonds. The van der Waals surface area contributed by atoms with E-state index in [1.807, 2.05) is 31.2 Å². The third kappa shape index (κ3) is 6.68. The average Bonchev–Trinajstić information content (AvgIpc) is 3.34. The Hall–Kier alpha value is -1.69. The van der Waals surface area contributed by atoms with Gasteiger partial charge in [-0.25, -0.2) is 0 Å². The molecule has 1 fully saturated rings. The van der Waals surface area contributed by atoms with Crippen LogP contribution in [-0.4, -0.2) is 77.6 Å². The van der Waals surface area contributed by atoms with Gasteiger partial charge in [-0.2, -0.15) is 0 Å². The largest absolute Gasteiger partial charge is 0.482 e. The predicted molar refractivity (Wildman–Crippen MR) is 132 cm³/mol. The van der Waals surface area contributed by atoms with Crippen LogP contribution in [0.5, 0.6) is 5.75 Å². The van der Waals surface area contributed by atoms with Crippen LogP contribution in [0, 0.1) is 3.57 Å². The number of aliphatic hydroxyl groups is 2. The topological polar surface area (TPSA) is 108 Å². The van der Waals surface area contributed by atoms with Crippen LogP contribution in [0.4, 0.5) is 0 Å². The van der Waals surface area contributed by atoms with Crippen molar-refractivity contribution in [2.24, 2.45) is 0 Å². The Labute approximate surface area is 208 Å². The van der Waals surface area contributed by atoms with Crippen molar-refractivity contribution >= 4 is 34.4 Å². The SMILES string of the molecule is CCOCC(=O)N(C1CCCC1)[C@@H]1CC(C(=O)NCCO)=C[C@H](Oc2ccccc2I)[C@H]1O. The van der Waals surface area contributed by atoms with E-state index in [9.17, 15) is 14.7 Å². The second kappa shape index (κ2) is 12.7. The number of hydrogen-bond donors (Lipinski definition) is 3. The predicted octanol–water partition coefficient (Wildman–Crippen LogP) is 2.01. The zero-order valence-electron chi connectivity index (χ0n) is 18.9. The second-order valence-corrected chi connectivity index (χ2v) is 9.48. The number of rotatable bonds is 10. The lowest BCUT2D eigenvalue weighted by molar-refractivity contribution is -0.146. The Morgan fingerprint density at radius 1 is 1.24 bits per heavy atom. The number of ether oxygens (including phenoxy) is 2. The zero-order chi connectivity index (χ0) is 23.8. The Bertz CT molecular complexity index is 842. The maximum absolute atomic E-state index is 13.2. The van der Waals surface area contributed by atoms with Crippen LogP contribution in [0.15, 0.2) is 35.9 Å². The van der Waals surface area contributed by atoms with Gasteiger partial charge < -0.3 is 29.9 Å². The highest BCUT2D eigenvalue weighted by atomic mass is 127. The molecule has 0 saturated heterocycles. The fraction of sp³-hybridized carbons (Fsp3) is 0.583. The minimum Gasteiger partial charge on any atom is -0.482 e. The lowest BCUT2D eigenvalue weighted by Gasteiger charge is -2.43. The smallest absolute Gasteiger partial charge is 0.249 e. The Balaban J connectivity index is 1.93. The summed E-state index contributed by atoms with van der Waals surface area (Å²) in [4.78, 5) is 27.7. The summed E-state index contributed by atoms with van der Waals surface area (Å²) < 4.78 is 12.4. The summed E-state index contributed by atoms with van der Waals surface area (Å²) in [6.07, 6.45) is 3.79. The summed E-state index contributed by atoms with van der Waals surface area (Å²) >= 11 is 2.16. The molecule has 33 heavy (non-hydrogen) atoms. The number of para-hydroxylation sites is 1. The van der Waals surface area contributed by atoms with Gasteiger partial charge in [0, 0.05) is 31.2 Å². The van der Waals surface area contributed by atoms with E-state index >= 15 is 0 Å². The standard InChI is InChI=1S/C24H33IN2O6/c1-2-32-15-22(29)27(17-7-3-4-8-17)19-13-16(24(31)26-11-12-28)14-21(23(19)30)33-20-10-6-5-9-18(20)25/h5-6,9-10,14,17,19,21,23,28,30H,2-4,7-8,11-13,15H2,1H3,(H,26,31)/t19-,21+,23+/m1/s1. The molecular weight excluding hydrogens is 539 g/mol. The van der Waals surface area contributed by atoms with Crippen molar-refractivity contribution in [1.29, 1.82) is 0 Å². The molecule has 0 aliphatic heterocycles. The first-order valence-electron chi connectivity index (χ1n) is 11.5. The summed E-state index contributed by atoms with van der Waals surface area (Å²) in [7, 11) is 0. The fourth-order valence-corrected chi connectivity index (χ4v) is 5.06. The summed E-state index contributed by atoms with van der Waals surface area (Å²) in [5.41, 5.74) is 0.432. The number of nitrogens with one attached hydrogen (secondary N) is 1. The lowest BCUT2D eigenvalue weighted by Crippen LogP contribution is -2.58. The van der Waals surface area contributed by atoms with E-state index in [4.69, 9.17) is 14.6 Å². The van der Waals surface area contributed by atoms with E-state index in [0.717, 1.165) is 29.3 Å². The van der Waals surface area contributed by atoms with Gasteiger partial charge in [0.15, 0.2) is 0 Å². The number of carbonyl (C=O) groups excluding carboxylic acids is 2. The quantitative estimate of drug-likeness (QED) is 0.371. The molecule has 1 aromatic rings. The van der Waals surface area contributed by atoms with Crippen LogP contribution in [0.3, 0.4) is 0 Å². The third-order valence-electron chi connectivity index (χ3n) is 6.11. The first kappa shape index (κ1) is 25.9. The Morgan fingerprint density at radius 3 is 2.64 bits per heavy atom. The monoisotopic (exact) mass is 572 g/mol. The molecule has 0 bridgehead atoms. The van der Waals surface area contributed by atoms with Crippen molar-refractivity contribution in [1.82, 2.24) is 10.2 Å². The first-order chi connectivity index (χ1) is 16.0. The van der Waals surface area contributed by atoms with E-state index in [1.165, 1.54) is 0 Å². The van der Waals surface area contributed by atoms with Crippen LogP contribution in [0.2, 0.25) is 0 Å². The molecule has 0 aromatic heterocycles. The minimum absolute atomic E-state index is 0.00466. The summed E-state index contributed by atoms with van der Waals surface area (Å²) in [5.74, 6) is 0.0843. The van der Waals surface area contributed by atoms with Crippen LogP contribution >= 0.6 is 22.6 Å². The molecule has 3 rings (SSSR count). The summed E-state index contributed by atoms with van der Waals surface area (Å²) in [6.45, 7) is 2.15. The van der Waals surface area contributed by atoms with E-state index < -0.39 is 18.2 Å². The number of aliphatic hydroxyl groups excluding tert-OH is 2. The van der Waals surface area contributed by atoms with Crippen molar-refractivity contribution in [3.8, 4) is 5.75 Å². The van der Waals surface area contributed by atoms with Crippen molar-refractivity contribution in [3.63, 3.8) is 0 Å². The van der Waals surface area contributed by atoms with Gasteiger partial charge in [0.05, 0.1) is 16.2 Å². The maximum Gasteiger partial charge on any atom is 0.249 e. The fourth-order valence-electron chi connectivity index (χ4n) is 4.54. The van der Waals surface area contributed by atoms with Gasteiger partial charge in [-0.1, -0.05) is 25.0 Å². The molecule has 3 atom stereocenters. The van der Waals surface area contributed by atoms with Crippen LogP contribution in [-0.2, 0) is 14.3 Å². The molecular formula is C24H33IN2O6. The Kier molecular flexibility index (Phi) is 9.96. The summed E-state index contributed by atoms with van der Waals surface area (Å²) in [5, 5.41) is 23.2. The van der Waals surface area contributed by atoms with E-state index in [2.05, 4.69) is 27.9 Å². The average molecular weight is 572 g/mol. The van der Waals surface area contributed by atoms with E-state index in [-0.39, 0.29) is 44.0 Å². The highest BCUT2D eigenvalue weighted by Crippen LogP contribution is 2.33. The number of halogens is 1. The van der Waals surface area contributed by atoms with Gasteiger partial charge in [-0.3, -0.25) is 9.59 Å². The molecule has 182 valence electrons. The van der Waals surface area contributed by atoms with Gasteiger partial charge in [0.25, 0.3) is 0 Å². The molecule has 0 spiro atoms. The molecule has 0 heterocycles. The molecule has 1 saturated carbocycles. The van der Waals surface area contributed by atoms with Crippen LogP contribution in [0.1, 0.15) is 39.0 Å². The second-order valence-electron chi connectivity index (χ2n) is 8.32. The van der Waals surface area contributed by atoms with Gasteiger partial charge in [-0.15, -0.1) is 0 Å². The molecule has 3 N–H and O–H groups in total. The van der Waals surface area contributed by atoms with Crippen molar-refractivity contribution in [2.75, 3.05) is 26.4 Å². The van der Waals surface area contributed by atoms with Crippen molar-refractivity contribution < 1.29 is 29.3 Å². The normalized spacial score (nSPS) is 23.2. The molecule has 1 aromatic carbocycles. The molecule has 2 aliphatic rings. The number of benzene rings is 1. The van der Waals surface area contributed by atoms with Gasteiger partial charge in [-0.05, 0) is 60.6 Å². The first-order valence-corrected chi connectivity index (χ1v) is 12.6. The molecule has 8 nitrogen and oxygen atoms in total. The maximum atomic E-state index is 13.2. The number of carbonyl (C=O) groups is 2. The van der Waals surface area contributed by atoms with E-state index in [1.54, 1.807) is 11.0 Å². The van der Waals surface area contributed by atoms with Crippen LogP contribution < -0.4 is 10.1 Å². The summed E-state index contributed by atoms with van der Waals surface area (Å²) in [6, 6.07) is 6.83. The molecule has 0 unspecified atom stereocenters. The third-order valence-corrected chi connectivity index (χ3v) is 7.00. The Morgan fingerprint density at radius 2 is 1.97 bits per heavy atom. The molecule has 2 aliphatic carbocycles. The van der Waals surface area contributed by atoms with Crippen molar-refractivity contribution in [3.05, 3.63) is 39.5 Å². The lowest BCUT2D eigenvalue weighted by atomic mass is 9.87. The van der Waals surface area contributed by atoms with Crippen molar-refractivity contribution in [2.45, 2.75) is 63.3 Å². The highest BCUT2D eigenvalue weighted by Gasteiger charge is 2.43. The van der Waals surface area contributed by atoms with Gasteiger partial charge >= 0.3 is 0 Å². The van der Waals surface area contributed by atoms with Crippen LogP contribution in [0.25, 0.3) is 0 Å². The minimum atomic E-state index is -1.01.